The first-order valence-electron chi connectivity index (χ1n) is 9.75. The smallest absolute Gasteiger partial charge is 0.255 e. The number of anilines is 1. The van der Waals surface area contributed by atoms with Gasteiger partial charge in [-0.15, -0.1) is 21.5 Å². The first kappa shape index (κ1) is 21.0. The number of amides is 1. The van der Waals surface area contributed by atoms with Gasteiger partial charge in [-0.3, -0.25) is 9.59 Å². The van der Waals surface area contributed by atoms with Crippen LogP contribution in [0.4, 0.5) is 5.69 Å². The lowest BCUT2D eigenvalue weighted by Gasteiger charge is -2.07. The molecule has 0 saturated carbocycles. The molecule has 0 saturated heterocycles. The Bertz CT molecular complexity index is 1170. The van der Waals surface area contributed by atoms with E-state index in [0.717, 1.165) is 22.4 Å². The number of nitrogens with zero attached hydrogens (tertiary/aromatic N) is 3. The molecule has 1 N–H and O–H groups in total. The number of hydrogen-bond acceptors (Lipinski definition) is 6. The van der Waals surface area contributed by atoms with Crippen LogP contribution >= 0.6 is 23.1 Å². The van der Waals surface area contributed by atoms with Crippen molar-refractivity contribution in [1.29, 1.82) is 0 Å². The molecule has 0 aliphatic carbocycles. The van der Waals surface area contributed by atoms with Crippen LogP contribution in [-0.2, 0) is 6.54 Å². The van der Waals surface area contributed by atoms with Crippen LogP contribution in [0.3, 0.4) is 0 Å². The van der Waals surface area contributed by atoms with Gasteiger partial charge in [0, 0.05) is 23.4 Å². The maximum Gasteiger partial charge on any atom is 0.255 e. The molecule has 0 bridgehead atoms. The molecule has 0 aliphatic rings. The predicted octanol–water partition coefficient (Wildman–Crippen LogP) is 5.25. The minimum absolute atomic E-state index is 0.00531. The molecule has 0 aliphatic heterocycles. The second-order valence-electron chi connectivity index (χ2n) is 6.64. The standard InChI is InChI=1S/C23H20N4O2S2/c1-2-27-21(20-9-6-14-30-20)25-26-23(27)31-15-19(28)16-10-12-18(13-11-16)24-22(29)17-7-4-3-5-8-17/h3-14H,2,15H2,1H3,(H,24,29). The topological polar surface area (TPSA) is 76.9 Å². The van der Waals surface area contributed by atoms with E-state index in [4.69, 9.17) is 0 Å². The molecule has 0 spiro atoms. The fourth-order valence-electron chi connectivity index (χ4n) is 3.01. The SMILES string of the molecule is CCn1c(SCC(=O)c2ccc(NC(=O)c3ccccc3)cc2)nnc1-c1cccs1. The molecule has 2 heterocycles. The van der Waals surface area contributed by atoms with Crippen molar-refractivity contribution in [3.05, 3.63) is 83.2 Å². The first-order valence-corrected chi connectivity index (χ1v) is 11.6. The summed E-state index contributed by atoms with van der Waals surface area (Å²) in [4.78, 5) is 25.9. The molecule has 0 radical (unpaired) electrons. The molecule has 8 heteroatoms. The molecule has 1 amide bonds. The van der Waals surface area contributed by atoms with Crippen LogP contribution < -0.4 is 5.32 Å². The lowest BCUT2D eigenvalue weighted by molar-refractivity contribution is 0.101. The zero-order valence-corrected chi connectivity index (χ0v) is 18.5. The van der Waals surface area contributed by atoms with E-state index in [2.05, 4.69) is 15.5 Å². The van der Waals surface area contributed by atoms with Crippen LogP contribution in [0, 0.1) is 0 Å². The van der Waals surface area contributed by atoms with Gasteiger partial charge in [-0.05, 0) is 54.8 Å². The summed E-state index contributed by atoms with van der Waals surface area (Å²) in [5.41, 5.74) is 1.82. The Hall–Kier alpha value is -3.23. The third-order valence-electron chi connectivity index (χ3n) is 4.61. The molecule has 0 atom stereocenters. The Balaban J connectivity index is 1.38. The van der Waals surface area contributed by atoms with Gasteiger partial charge in [0.05, 0.1) is 10.6 Å². The number of rotatable bonds is 8. The number of ketones is 1. The summed E-state index contributed by atoms with van der Waals surface area (Å²) in [5.74, 6) is 0.897. The van der Waals surface area contributed by atoms with E-state index in [1.165, 1.54) is 11.8 Å². The van der Waals surface area contributed by atoms with Crippen LogP contribution in [0.1, 0.15) is 27.6 Å². The minimum Gasteiger partial charge on any atom is -0.322 e. The van der Waals surface area contributed by atoms with Gasteiger partial charge >= 0.3 is 0 Å². The maximum absolute atomic E-state index is 12.6. The van der Waals surface area contributed by atoms with Crippen molar-refractivity contribution >= 4 is 40.5 Å². The second-order valence-corrected chi connectivity index (χ2v) is 8.53. The number of aromatic nitrogens is 3. The summed E-state index contributed by atoms with van der Waals surface area (Å²) in [5, 5.41) is 14.1. The van der Waals surface area contributed by atoms with Crippen molar-refractivity contribution in [1.82, 2.24) is 14.8 Å². The molecule has 0 fully saturated rings. The Labute approximate surface area is 188 Å². The highest BCUT2D eigenvalue weighted by molar-refractivity contribution is 7.99. The zero-order valence-electron chi connectivity index (χ0n) is 16.8. The molecule has 4 aromatic rings. The van der Waals surface area contributed by atoms with Crippen LogP contribution in [0.25, 0.3) is 10.7 Å². The molecule has 4 rings (SSSR count). The third kappa shape index (κ3) is 4.92. The van der Waals surface area contributed by atoms with Gasteiger partial charge in [0.2, 0.25) is 0 Å². The third-order valence-corrected chi connectivity index (χ3v) is 6.44. The van der Waals surface area contributed by atoms with Gasteiger partial charge in [0.25, 0.3) is 5.91 Å². The monoisotopic (exact) mass is 448 g/mol. The van der Waals surface area contributed by atoms with Crippen molar-refractivity contribution in [2.75, 3.05) is 11.1 Å². The molecule has 2 aromatic heterocycles. The zero-order chi connectivity index (χ0) is 21.6. The number of carbonyl (C=O) groups is 2. The molecular formula is C23H20N4O2S2. The molecule has 0 unspecified atom stereocenters. The normalized spacial score (nSPS) is 10.7. The van der Waals surface area contributed by atoms with Crippen LogP contribution in [0.2, 0.25) is 0 Å². The summed E-state index contributed by atoms with van der Waals surface area (Å²) < 4.78 is 2.02. The summed E-state index contributed by atoms with van der Waals surface area (Å²) >= 11 is 2.99. The number of hydrogen-bond donors (Lipinski definition) is 1. The maximum atomic E-state index is 12.6. The summed E-state index contributed by atoms with van der Waals surface area (Å²) in [6.07, 6.45) is 0. The quantitative estimate of drug-likeness (QED) is 0.294. The second kappa shape index (κ2) is 9.72. The highest BCUT2D eigenvalue weighted by Crippen LogP contribution is 2.27. The lowest BCUT2D eigenvalue weighted by Crippen LogP contribution is -2.12. The Morgan fingerprint density at radius 2 is 1.74 bits per heavy atom. The van der Waals surface area contributed by atoms with Crippen LogP contribution in [-0.4, -0.2) is 32.2 Å². The van der Waals surface area contributed by atoms with Gasteiger partial charge in [-0.25, -0.2) is 0 Å². The molecular weight excluding hydrogens is 428 g/mol. The molecule has 2 aromatic carbocycles. The molecule has 6 nitrogen and oxygen atoms in total. The molecule has 31 heavy (non-hydrogen) atoms. The van der Waals surface area contributed by atoms with Crippen molar-refractivity contribution in [2.24, 2.45) is 0 Å². The number of carbonyl (C=O) groups excluding carboxylic acids is 2. The van der Waals surface area contributed by atoms with Gasteiger partial charge in [-0.1, -0.05) is 36.0 Å². The van der Waals surface area contributed by atoms with Crippen molar-refractivity contribution < 1.29 is 9.59 Å². The van der Waals surface area contributed by atoms with E-state index >= 15 is 0 Å². The van der Waals surface area contributed by atoms with Gasteiger partial charge in [0.15, 0.2) is 16.8 Å². The Kier molecular flexibility index (Phi) is 6.59. The Morgan fingerprint density at radius 1 is 0.968 bits per heavy atom. The predicted molar refractivity (Wildman–Crippen MR) is 125 cm³/mol. The highest BCUT2D eigenvalue weighted by atomic mass is 32.2. The number of benzene rings is 2. The van der Waals surface area contributed by atoms with E-state index in [-0.39, 0.29) is 17.4 Å². The van der Waals surface area contributed by atoms with E-state index in [0.29, 0.717) is 16.8 Å². The van der Waals surface area contributed by atoms with E-state index in [9.17, 15) is 9.59 Å². The van der Waals surface area contributed by atoms with E-state index < -0.39 is 0 Å². The molecule has 156 valence electrons. The summed E-state index contributed by atoms with van der Waals surface area (Å²) in [7, 11) is 0. The van der Waals surface area contributed by atoms with Crippen molar-refractivity contribution in [3.8, 4) is 10.7 Å². The Morgan fingerprint density at radius 3 is 2.42 bits per heavy atom. The highest BCUT2D eigenvalue weighted by Gasteiger charge is 2.16. The lowest BCUT2D eigenvalue weighted by atomic mass is 10.1. The van der Waals surface area contributed by atoms with E-state index in [1.54, 1.807) is 47.7 Å². The van der Waals surface area contributed by atoms with E-state index in [1.807, 2.05) is 47.2 Å². The van der Waals surface area contributed by atoms with Crippen molar-refractivity contribution in [2.45, 2.75) is 18.6 Å². The van der Waals surface area contributed by atoms with Crippen molar-refractivity contribution in [3.63, 3.8) is 0 Å². The average molecular weight is 449 g/mol. The van der Waals surface area contributed by atoms with Crippen LogP contribution in [0.5, 0.6) is 0 Å². The number of thiophene rings is 1. The van der Waals surface area contributed by atoms with Gasteiger partial charge in [0.1, 0.15) is 0 Å². The fourth-order valence-corrected chi connectivity index (χ4v) is 4.63. The number of Topliss-reactive ketones (excluding diaryl/α,β-unsaturated/α-hetero) is 1. The number of nitrogens with one attached hydrogen (secondary N) is 1. The van der Waals surface area contributed by atoms with Gasteiger partial charge in [-0.2, -0.15) is 0 Å². The number of thioether (sulfide) groups is 1. The fraction of sp³-hybridized carbons (Fsp3) is 0.130. The minimum atomic E-state index is -0.185. The largest absolute Gasteiger partial charge is 0.322 e. The summed E-state index contributed by atoms with van der Waals surface area (Å²) in [6, 6.07) is 19.9. The average Bonchev–Trinajstić information content (AvgIpc) is 3.48. The summed E-state index contributed by atoms with van der Waals surface area (Å²) in [6.45, 7) is 2.77. The van der Waals surface area contributed by atoms with Crippen LogP contribution in [0.15, 0.2) is 77.3 Å². The first-order chi connectivity index (χ1) is 15.2. The van der Waals surface area contributed by atoms with Gasteiger partial charge < -0.3 is 9.88 Å².